The highest BCUT2D eigenvalue weighted by Gasteiger charge is 2.08. The van der Waals surface area contributed by atoms with Gasteiger partial charge in [0.05, 0.1) is 0 Å². The highest BCUT2D eigenvalue weighted by molar-refractivity contribution is 5.94. The molecule has 19 heavy (non-hydrogen) atoms. The van der Waals surface area contributed by atoms with Crippen LogP contribution in [0.15, 0.2) is 35.2 Å². The van der Waals surface area contributed by atoms with E-state index in [-0.39, 0.29) is 11.8 Å². The third-order valence-electron chi connectivity index (χ3n) is 2.78. The number of carbonyl (C=O) groups is 1. The van der Waals surface area contributed by atoms with Gasteiger partial charge >= 0.3 is 0 Å². The van der Waals surface area contributed by atoms with E-state index in [0.717, 1.165) is 5.56 Å². The van der Waals surface area contributed by atoms with Crippen molar-refractivity contribution < 1.29 is 9.32 Å². The summed E-state index contributed by atoms with van der Waals surface area (Å²) in [4.78, 5) is 15.8. The molecule has 2 aromatic rings. The van der Waals surface area contributed by atoms with Crippen LogP contribution in [-0.4, -0.2) is 29.1 Å². The second-order valence-corrected chi connectivity index (χ2v) is 4.38. The summed E-state index contributed by atoms with van der Waals surface area (Å²) in [5.74, 6) is 0.659. The van der Waals surface area contributed by atoms with Gasteiger partial charge in [0.1, 0.15) is 0 Å². The second kappa shape index (κ2) is 6.10. The lowest BCUT2D eigenvalue weighted by Gasteiger charge is -2.10. The lowest BCUT2D eigenvalue weighted by Crippen LogP contribution is -2.31. The Hall–Kier alpha value is -2.21. The van der Waals surface area contributed by atoms with Crippen molar-refractivity contribution in [2.45, 2.75) is 6.92 Å². The number of hydrogen-bond donors (Lipinski definition) is 2. The van der Waals surface area contributed by atoms with E-state index < -0.39 is 0 Å². The third-order valence-corrected chi connectivity index (χ3v) is 2.78. The van der Waals surface area contributed by atoms with E-state index in [1.54, 1.807) is 24.3 Å². The van der Waals surface area contributed by atoms with Crippen molar-refractivity contribution in [3.63, 3.8) is 0 Å². The van der Waals surface area contributed by atoms with Crippen LogP contribution in [0, 0.1) is 5.92 Å². The highest BCUT2D eigenvalue weighted by atomic mass is 16.5. The molecule has 0 saturated heterocycles. The quantitative estimate of drug-likeness (QED) is 0.838. The first kappa shape index (κ1) is 13.2. The summed E-state index contributed by atoms with van der Waals surface area (Å²) in [5.41, 5.74) is 6.90. The van der Waals surface area contributed by atoms with Crippen LogP contribution in [0.4, 0.5) is 0 Å². The molecule has 0 aliphatic carbocycles. The lowest BCUT2D eigenvalue weighted by atomic mass is 10.1. The van der Waals surface area contributed by atoms with Gasteiger partial charge in [-0.1, -0.05) is 24.2 Å². The van der Waals surface area contributed by atoms with Crippen LogP contribution in [0.3, 0.4) is 0 Å². The fourth-order valence-corrected chi connectivity index (χ4v) is 1.52. The summed E-state index contributed by atoms with van der Waals surface area (Å²) in [7, 11) is 0. The van der Waals surface area contributed by atoms with E-state index >= 15 is 0 Å². The summed E-state index contributed by atoms with van der Waals surface area (Å²) in [6.07, 6.45) is 1.27. The van der Waals surface area contributed by atoms with E-state index in [1.165, 1.54) is 6.39 Å². The van der Waals surface area contributed by atoms with Crippen molar-refractivity contribution in [3.05, 3.63) is 36.2 Å². The largest absolute Gasteiger partial charge is 0.352 e. The van der Waals surface area contributed by atoms with Gasteiger partial charge in [0.15, 0.2) is 0 Å². The number of aromatic nitrogens is 2. The van der Waals surface area contributed by atoms with Crippen LogP contribution in [0.5, 0.6) is 0 Å². The zero-order chi connectivity index (χ0) is 13.7. The predicted octanol–water partition coefficient (Wildman–Crippen LogP) is 1.06. The molecule has 1 amide bonds. The van der Waals surface area contributed by atoms with Crippen molar-refractivity contribution in [2.24, 2.45) is 11.7 Å². The molecule has 0 aliphatic heterocycles. The molecule has 100 valence electrons. The molecule has 0 fully saturated rings. The fraction of sp³-hybridized carbons (Fsp3) is 0.308. The average Bonchev–Trinajstić information content (AvgIpc) is 2.98. The predicted molar refractivity (Wildman–Crippen MR) is 70.3 cm³/mol. The fourth-order valence-electron chi connectivity index (χ4n) is 1.52. The first-order valence-corrected chi connectivity index (χ1v) is 6.05. The van der Waals surface area contributed by atoms with E-state index in [0.29, 0.717) is 24.5 Å². The van der Waals surface area contributed by atoms with Crippen LogP contribution in [0.2, 0.25) is 0 Å². The Morgan fingerprint density at radius 2 is 2.16 bits per heavy atom. The minimum atomic E-state index is -0.111. The molecule has 6 heteroatoms. The Kier molecular flexibility index (Phi) is 4.25. The number of rotatable bonds is 5. The number of carbonyl (C=O) groups excluding carboxylic acids is 1. The monoisotopic (exact) mass is 260 g/mol. The zero-order valence-corrected chi connectivity index (χ0v) is 10.7. The molecule has 0 spiro atoms. The van der Waals surface area contributed by atoms with Crippen molar-refractivity contribution in [2.75, 3.05) is 13.1 Å². The Balaban J connectivity index is 2.00. The summed E-state index contributed by atoms with van der Waals surface area (Å²) in [6.45, 7) is 3.11. The lowest BCUT2D eigenvalue weighted by molar-refractivity contribution is 0.0948. The summed E-state index contributed by atoms with van der Waals surface area (Å²) < 4.78 is 4.67. The first-order valence-electron chi connectivity index (χ1n) is 6.05. The summed E-state index contributed by atoms with van der Waals surface area (Å²) in [6, 6.07) is 7.03. The maximum Gasteiger partial charge on any atom is 0.251 e. The molecule has 1 aromatic carbocycles. The molecule has 3 N–H and O–H groups in total. The Morgan fingerprint density at radius 1 is 1.42 bits per heavy atom. The molecule has 0 bridgehead atoms. The van der Waals surface area contributed by atoms with Gasteiger partial charge < -0.3 is 15.6 Å². The molecule has 0 saturated carbocycles. The molecule has 0 radical (unpaired) electrons. The number of nitrogens with zero attached hydrogens (tertiary/aromatic N) is 2. The molecule has 2 rings (SSSR count). The summed E-state index contributed by atoms with van der Waals surface area (Å²) >= 11 is 0. The minimum absolute atomic E-state index is 0.111. The SMILES string of the molecule is CC(CN)CNC(=O)c1ccc(-c2ncon2)cc1. The molecule has 1 atom stereocenters. The van der Waals surface area contributed by atoms with E-state index in [9.17, 15) is 4.79 Å². The number of nitrogens with two attached hydrogens (primary N) is 1. The van der Waals surface area contributed by atoms with Gasteiger partial charge in [0.2, 0.25) is 12.2 Å². The van der Waals surface area contributed by atoms with Crippen LogP contribution < -0.4 is 11.1 Å². The third kappa shape index (κ3) is 3.38. The number of nitrogens with one attached hydrogen (secondary N) is 1. The Labute approximate surface area is 111 Å². The van der Waals surface area contributed by atoms with Crippen LogP contribution in [-0.2, 0) is 0 Å². The topological polar surface area (TPSA) is 94.0 Å². The number of benzene rings is 1. The van der Waals surface area contributed by atoms with E-state index in [1.807, 2.05) is 6.92 Å². The molecule has 1 unspecified atom stereocenters. The van der Waals surface area contributed by atoms with Crippen molar-refractivity contribution in [1.82, 2.24) is 15.5 Å². The molecule has 0 aliphatic rings. The molecule has 6 nitrogen and oxygen atoms in total. The Bertz CT molecular complexity index is 522. The number of hydrogen-bond acceptors (Lipinski definition) is 5. The molecule has 1 aromatic heterocycles. The molecule has 1 heterocycles. The van der Waals surface area contributed by atoms with E-state index in [2.05, 4.69) is 20.0 Å². The van der Waals surface area contributed by atoms with E-state index in [4.69, 9.17) is 5.73 Å². The normalized spacial score (nSPS) is 12.1. The van der Waals surface area contributed by atoms with Crippen molar-refractivity contribution in [3.8, 4) is 11.4 Å². The summed E-state index contributed by atoms with van der Waals surface area (Å²) in [5, 5.41) is 6.57. The van der Waals surface area contributed by atoms with Crippen molar-refractivity contribution >= 4 is 5.91 Å². The average molecular weight is 260 g/mol. The van der Waals surface area contributed by atoms with Gasteiger partial charge in [-0.15, -0.1) is 0 Å². The number of amides is 1. The van der Waals surface area contributed by atoms with Gasteiger partial charge in [0.25, 0.3) is 5.91 Å². The van der Waals surface area contributed by atoms with Crippen LogP contribution in [0.25, 0.3) is 11.4 Å². The molecular weight excluding hydrogens is 244 g/mol. The zero-order valence-electron chi connectivity index (χ0n) is 10.7. The van der Waals surface area contributed by atoms with Crippen molar-refractivity contribution in [1.29, 1.82) is 0 Å². The van der Waals surface area contributed by atoms with Gasteiger partial charge in [-0.3, -0.25) is 4.79 Å². The smallest absolute Gasteiger partial charge is 0.251 e. The maximum absolute atomic E-state index is 11.9. The van der Waals surface area contributed by atoms with Crippen LogP contribution in [0.1, 0.15) is 17.3 Å². The standard InChI is InChI=1S/C13H16N4O2/c1-9(6-14)7-15-13(18)11-4-2-10(3-5-11)12-16-8-19-17-12/h2-5,8-9H,6-7,14H2,1H3,(H,15,18). The highest BCUT2D eigenvalue weighted by Crippen LogP contribution is 2.14. The van der Waals surface area contributed by atoms with Gasteiger partial charge in [-0.25, -0.2) is 0 Å². The van der Waals surface area contributed by atoms with Gasteiger partial charge in [-0.05, 0) is 24.6 Å². The van der Waals surface area contributed by atoms with Gasteiger partial charge in [0, 0.05) is 17.7 Å². The first-order chi connectivity index (χ1) is 9.20. The molecular formula is C13H16N4O2. The Morgan fingerprint density at radius 3 is 2.74 bits per heavy atom. The van der Waals surface area contributed by atoms with Gasteiger partial charge in [-0.2, -0.15) is 4.98 Å². The minimum Gasteiger partial charge on any atom is -0.352 e. The maximum atomic E-state index is 11.9. The van der Waals surface area contributed by atoms with Crippen LogP contribution >= 0.6 is 0 Å². The second-order valence-electron chi connectivity index (χ2n) is 4.38.